The number of allylic oxidation sites excluding steroid dienone is 2. The lowest BCUT2D eigenvalue weighted by Crippen LogP contribution is -2.70. The van der Waals surface area contributed by atoms with E-state index < -0.39 is 29.4 Å². The summed E-state index contributed by atoms with van der Waals surface area (Å²) in [4.78, 5) is 43.6. The van der Waals surface area contributed by atoms with Crippen LogP contribution >= 0.6 is 11.8 Å². The number of amides is 2. The molecular formula is C33H33N3O5S. The average molecular weight is 584 g/mol. The first kappa shape index (κ1) is 29.0. The number of thioether (sulfide) groups is 1. The number of benzene rings is 3. The van der Waals surface area contributed by atoms with Crippen LogP contribution in [0.25, 0.3) is 0 Å². The van der Waals surface area contributed by atoms with Gasteiger partial charge >= 0.3 is 5.97 Å². The molecule has 0 radical (unpaired) electrons. The molecule has 0 saturated carbocycles. The minimum atomic E-state index is -0.774. The number of fused-ring (bicyclic) bond motifs is 1. The fraction of sp³-hybridized carbons (Fsp3) is 0.242. The molecule has 0 bridgehead atoms. The second-order valence-electron chi connectivity index (χ2n) is 10.2. The largest absolute Gasteiger partial charge is 0.484 e. The van der Waals surface area contributed by atoms with Crippen molar-refractivity contribution in [2.24, 2.45) is 0 Å². The van der Waals surface area contributed by atoms with Gasteiger partial charge in [0.05, 0.1) is 0 Å². The highest BCUT2D eigenvalue weighted by Crippen LogP contribution is 2.42. The van der Waals surface area contributed by atoms with E-state index in [-0.39, 0.29) is 18.2 Å². The molecule has 2 unspecified atom stereocenters. The smallest absolute Gasteiger partial charge is 0.356 e. The molecule has 2 amide bonds. The zero-order valence-corrected chi connectivity index (χ0v) is 24.5. The van der Waals surface area contributed by atoms with Crippen LogP contribution in [-0.4, -0.2) is 65.5 Å². The molecule has 0 aliphatic carbocycles. The molecule has 2 atom stereocenters. The van der Waals surface area contributed by atoms with Crippen molar-refractivity contribution in [3.8, 4) is 5.75 Å². The van der Waals surface area contributed by atoms with Crippen molar-refractivity contribution >= 4 is 29.5 Å². The molecule has 3 aromatic rings. The van der Waals surface area contributed by atoms with Crippen LogP contribution in [0.1, 0.15) is 24.2 Å². The van der Waals surface area contributed by atoms with Gasteiger partial charge in [0.15, 0.2) is 12.7 Å². The van der Waals surface area contributed by atoms with Crippen LogP contribution in [0.15, 0.2) is 114 Å². The molecule has 2 aliphatic rings. The summed E-state index contributed by atoms with van der Waals surface area (Å²) in [7, 11) is 3.84. The molecule has 0 aromatic heterocycles. The Morgan fingerprint density at radius 2 is 1.55 bits per heavy atom. The lowest BCUT2D eigenvalue weighted by atomic mass is 10.0. The van der Waals surface area contributed by atoms with Gasteiger partial charge in [0.2, 0.25) is 0 Å². The zero-order valence-electron chi connectivity index (χ0n) is 23.7. The van der Waals surface area contributed by atoms with Crippen molar-refractivity contribution in [3.63, 3.8) is 0 Å². The van der Waals surface area contributed by atoms with Gasteiger partial charge < -0.3 is 19.7 Å². The average Bonchev–Trinajstić information content (AvgIpc) is 3.02. The van der Waals surface area contributed by atoms with Gasteiger partial charge in [0.1, 0.15) is 22.9 Å². The summed E-state index contributed by atoms with van der Waals surface area (Å²) in [6.07, 6.45) is 1.25. The maximum absolute atomic E-state index is 14.0. The van der Waals surface area contributed by atoms with Crippen molar-refractivity contribution in [2.75, 3.05) is 26.5 Å². The summed E-state index contributed by atoms with van der Waals surface area (Å²) in [6.45, 7) is 1.72. The summed E-state index contributed by atoms with van der Waals surface area (Å²) >= 11 is 1.50. The fourth-order valence-electron chi connectivity index (χ4n) is 4.75. The minimum Gasteiger partial charge on any atom is -0.484 e. The van der Waals surface area contributed by atoms with Crippen LogP contribution in [0.4, 0.5) is 0 Å². The number of carbonyl (C=O) groups excluding carboxylic acids is 3. The molecular weight excluding hydrogens is 550 g/mol. The van der Waals surface area contributed by atoms with E-state index in [1.807, 2.05) is 111 Å². The molecule has 8 nitrogen and oxygen atoms in total. The number of carbonyl (C=O) groups is 3. The molecule has 1 saturated heterocycles. The molecule has 5 rings (SSSR count). The van der Waals surface area contributed by atoms with Gasteiger partial charge in [-0.2, -0.15) is 0 Å². The second-order valence-corrected chi connectivity index (χ2v) is 11.3. The van der Waals surface area contributed by atoms with Crippen molar-refractivity contribution in [1.82, 2.24) is 15.1 Å². The quantitative estimate of drug-likeness (QED) is 0.277. The Hall–Kier alpha value is -4.50. The Bertz CT molecular complexity index is 1450. The van der Waals surface area contributed by atoms with E-state index in [1.54, 1.807) is 12.1 Å². The summed E-state index contributed by atoms with van der Waals surface area (Å²) in [6, 6.07) is 27.3. The maximum Gasteiger partial charge on any atom is 0.356 e. The Morgan fingerprint density at radius 3 is 2.12 bits per heavy atom. The predicted octanol–water partition coefficient (Wildman–Crippen LogP) is 4.52. The number of nitrogens with zero attached hydrogens (tertiary/aromatic N) is 2. The van der Waals surface area contributed by atoms with Crippen LogP contribution in [0.3, 0.4) is 0 Å². The Labute approximate surface area is 250 Å². The Balaban J connectivity index is 1.39. The molecule has 2 heterocycles. The molecule has 1 fully saturated rings. The van der Waals surface area contributed by atoms with Gasteiger partial charge in [-0.05, 0) is 41.8 Å². The summed E-state index contributed by atoms with van der Waals surface area (Å²) in [5, 5.41) is 2.35. The molecule has 2 aliphatic heterocycles. The summed E-state index contributed by atoms with van der Waals surface area (Å²) in [5.74, 6) is -0.336. The van der Waals surface area contributed by atoms with E-state index in [9.17, 15) is 14.4 Å². The van der Waals surface area contributed by atoms with Gasteiger partial charge in [-0.25, -0.2) is 4.79 Å². The third kappa shape index (κ3) is 6.36. The third-order valence-electron chi connectivity index (χ3n) is 7.14. The van der Waals surface area contributed by atoms with E-state index in [1.165, 1.54) is 16.7 Å². The number of para-hydroxylation sites is 1. The molecule has 9 heteroatoms. The van der Waals surface area contributed by atoms with Crippen molar-refractivity contribution in [1.29, 1.82) is 0 Å². The summed E-state index contributed by atoms with van der Waals surface area (Å²) < 4.78 is 11.7. The highest BCUT2D eigenvalue weighted by Gasteiger charge is 2.54. The maximum atomic E-state index is 14.0. The van der Waals surface area contributed by atoms with Crippen molar-refractivity contribution < 1.29 is 23.9 Å². The molecule has 42 heavy (non-hydrogen) atoms. The van der Waals surface area contributed by atoms with E-state index in [4.69, 9.17) is 9.47 Å². The minimum absolute atomic E-state index is 0.202. The second kappa shape index (κ2) is 13.0. The third-order valence-corrected chi connectivity index (χ3v) is 8.44. The van der Waals surface area contributed by atoms with Gasteiger partial charge in [-0.1, -0.05) is 78.9 Å². The monoisotopic (exact) mass is 583 g/mol. The molecule has 0 spiro atoms. The highest BCUT2D eigenvalue weighted by atomic mass is 32.2. The first-order chi connectivity index (χ1) is 20.3. The normalized spacial score (nSPS) is 18.2. The van der Waals surface area contributed by atoms with Crippen molar-refractivity contribution in [3.05, 3.63) is 125 Å². The van der Waals surface area contributed by atoms with Crippen LogP contribution in [0.2, 0.25) is 0 Å². The highest BCUT2D eigenvalue weighted by molar-refractivity contribution is 8.00. The number of esters is 1. The first-order valence-electron chi connectivity index (χ1n) is 13.6. The van der Waals surface area contributed by atoms with Gasteiger partial charge in [0.25, 0.3) is 11.8 Å². The van der Waals surface area contributed by atoms with Crippen LogP contribution in [-0.2, 0) is 19.1 Å². The van der Waals surface area contributed by atoms with Gasteiger partial charge in [-0.3, -0.25) is 14.5 Å². The lowest BCUT2D eigenvalue weighted by molar-refractivity contribution is -0.154. The fourth-order valence-corrected chi connectivity index (χ4v) is 6.06. The number of rotatable bonds is 10. The summed E-state index contributed by atoms with van der Waals surface area (Å²) in [5.41, 5.74) is 3.46. The lowest BCUT2D eigenvalue weighted by Gasteiger charge is -2.49. The van der Waals surface area contributed by atoms with E-state index in [0.717, 1.165) is 16.8 Å². The van der Waals surface area contributed by atoms with Crippen LogP contribution in [0, 0.1) is 0 Å². The Kier molecular flexibility index (Phi) is 8.97. The number of nitrogens with one attached hydrogen (secondary N) is 1. The zero-order chi connectivity index (χ0) is 29.6. The number of hydrogen-bond acceptors (Lipinski definition) is 7. The van der Waals surface area contributed by atoms with Crippen LogP contribution in [0.5, 0.6) is 5.75 Å². The molecule has 216 valence electrons. The first-order valence-corrected chi connectivity index (χ1v) is 14.7. The number of ether oxygens (including phenoxy) is 2. The van der Waals surface area contributed by atoms with E-state index in [2.05, 4.69) is 5.32 Å². The standard InChI is InChI=1S/C33H33N3O5S/c1-22(35(2)3)19-25-21-42-32-28(34-27(37)20-40-26-17-11-6-12-18-26)31(38)36(32)29(25)33(39)41-30(23-13-7-4-8-14-23)24-15-9-5-10-16-24/h4-19,28,30,32H,20-21H2,1-3H3,(H,34,37). The van der Waals surface area contributed by atoms with Crippen molar-refractivity contribution in [2.45, 2.75) is 24.4 Å². The van der Waals surface area contributed by atoms with Gasteiger partial charge in [-0.15, -0.1) is 11.8 Å². The number of β-lactam (4-membered cyclic amide) rings is 1. The molecule has 1 N–H and O–H groups in total. The Morgan fingerprint density at radius 1 is 0.976 bits per heavy atom. The van der Waals surface area contributed by atoms with Crippen LogP contribution < -0.4 is 10.1 Å². The SMILES string of the molecule is CC(=CC1=C(C(=O)OC(c2ccccc2)c2ccccc2)N2C(=O)C(NC(=O)COc3ccccc3)C2SC1)N(C)C. The topological polar surface area (TPSA) is 88.2 Å². The molecule has 3 aromatic carbocycles. The van der Waals surface area contributed by atoms with E-state index >= 15 is 0 Å². The number of hydrogen-bond donors (Lipinski definition) is 1. The predicted molar refractivity (Wildman–Crippen MR) is 162 cm³/mol. The van der Waals surface area contributed by atoms with Gasteiger partial charge in [0, 0.05) is 25.5 Å². The van der Waals surface area contributed by atoms with E-state index in [0.29, 0.717) is 17.1 Å².